The molecule has 1 N–H and O–H groups in total. The first-order valence-electron chi connectivity index (χ1n) is 12.0. The lowest BCUT2D eigenvalue weighted by Crippen LogP contribution is -2.53. The molecule has 0 radical (unpaired) electrons. The average Bonchev–Trinajstić information content (AvgIpc) is 3.31. The van der Waals surface area contributed by atoms with Crippen molar-refractivity contribution in [1.82, 2.24) is 10.2 Å². The number of carbonyl (C=O) groups excluding carboxylic acids is 2. The van der Waals surface area contributed by atoms with Crippen molar-refractivity contribution in [2.75, 3.05) is 17.1 Å². The molecule has 2 amide bonds. The van der Waals surface area contributed by atoms with Crippen LogP contribution in [0.3, 0.4) is 0 Å². The van der Waals surface area contributed by atoms with Crippen molar-refractivity contribution in [3.05, 3.63) is 64.7 Å². The van der Waals surface area contributed by atoms with Crippen LogP contribution in [0.25, 0.3) is 0 Å². The molecule has 2 aromatic carbocycles. The maximum atomic E-state index is 13.7. The van der Waals surface area contributed by atoms with Crippen molar-refractivity contribution in [3.8, 4) is 0 Å². The minimum absolute atomic E-state index is 0.114. The Hall–Kier alpha value is -2.58. The van der Waals surface area contributed by atoms with E-state index in [4.69, 9.17) is 11.6 Å². The van der Waals surface area contributed by atoms with Gasteiger partial charge in [-0.25, -0.2) is 8.42 Å². The highest BCUT2D eigenvalue weighted by Crippen LogP contribution is 2.24. The topological polar surface area (TPSA) is 86.8 Å². The van der Waals surface area contributed by atoms with E-state index >= 15 is 0 Å². The molecule has 1 aliphatic rings. The summed E-state index contributed by atoms with van der Waals surface area (Å²) in [6.07, 6.45) is 5.51. The first-order chi connectivity index (χ1) is 16.6. The molecule has 0 aromatic heterocycles. The number of amides is 2. The quantitative estimate of drug-likeness (QED) is 0.507. The van der Waals surface area contributed by atoms with Crippen molar-refractivity contribution in [1.29, 1.82) is 0 Å². The molecule has 190 valence electrons. The lowest BCUT2D eigenvalue weighted by Gasteiger charge is -2.33. The van der Waals surface area contributed by atoms with Crippen molar-refractivity contribution in [3.63, 3.8) is 0 Å². The lowest BCUT2D eigenvalue weighted by molar-refractivity contribution is -0.140. The van der Waals surface area contributed by atoms with E-state index in [1.54, 1.807) is 49.4 Å². The molecule has 2 aromatic rings. The smallest absolute Gasteiger partial charge is 0.244 e. The minimum Gasteiger partial charge on any atom is -0.352 e. The van der Waals surface area contributed by atoms with E-state index in [2.05, 4.69) is 5.32 Å². The van der Waals surface area contributed by atoms with Gasteiger partial charge in [-0.3, -0.25) is 13.9 Å². The predicted octanol–water partition coefficient (Wildman–Crippen LogP) is 4.28. The van der Waals surface area contributed by atoms with Crippen molar-refractivity contribution in [2.24, 2.45) is 0 Å². The van der Waals surface area contributed by atoms with E-state index in [-0.39, 0.29) is 18.5 Å². The number of nitrogens with one attached hydrogen (secondary N) is 1. The van der Waals surface area contributed by atoms with E-state index in [1.165, 1.54) is 4.90 Å². The van der Waals surface area contributed by atoms with Gasteiger partial charge in [-0.15, -0.1) is 0 Å². The second-order valence-electron chi connectivity index (χ2n) is 9.12. The fourth-order valence-corrected chi connectivity index (χ4v) is 5.54. The Morgan fingerprint density at radius 1 is 1.09 bits per heavy atom. The maximum Gasteiger partial charge on any atom is 0.244 e. The van der Waals surface area contributed by atoms with Crippen LogP contribution < -0.4 is 9.62 Å². The van der Waals surface area contributed by atoms with Crippen LogP contribution in [0.1, 0.15) is 50.2 Å². The van der Waals surface area contributed by atoms with E-state index in [0.29, 0.717) is 17.1 Å². The molecule has 1 aliphatic carbocycles. The maximum absolute atomic E-state index is 13.7. The van der Waals surface area contributed by atoms with Crippen LogP contribution in [-0.2, 0) is 26.2 Å². The summed E-state index contributed by atoms with van der Waals surface area (Å²) >= 11 is 6.03. The fraction of sp³-hybridized carbons (Fsp3) is 0.462. The van der Waals surface area contributed by atoms with Crippen LogP contribution in [0.2, 0.25) is 5.02 Å². The normalized spacial score (nSPS) is 15.0. The monoisotopic (exact) mass is 519 g/mol. The van der Waals surface area contributed by atoms with Gasteiger partial charge in [0.15, 0.2) is 0 Å². The number of sulfonamides is 1. The first kappa shape index (κ1) is 27.0. The molecular formula is C26H34ClN3O4S. The second-order valence-corrected chi connectivity index (χ2v) is 11.5. The Morgan fingerprint density at radius 2 is 1.71 bits per heavy atom. The van der Waals surface area contributed by atoms with Gasteiger partial charge < -0.3 is 10.2 Å². The molecule has 0 spiro atoms. The number of anilines is 1. The molecule has 0 aliphatic heterocycles. The number of rotatable bonds is 10. The summed E-state index contributed by atoms with van der Waals surface area (Å²) in [6, 6.07) is 13.5. The summed E-state index contributed by atoms with van der Waals surface area (Å²) in [5.41, 5.74) is 1.98. The molecular weight excluding hydrogens is 486 g/mol. The number of aryl methyl sites for hydroxylation is 1. The number of hydrogen-bond acceptors (Lipinski definition) is 4. The molecule has 1 atom stereocenters. The van der Waals surface area contributed by atoms with Crippen LogP contribution >= 0.6 is 11.6 Å². The highest BCUT2D eigenvalue weighted by atomic mass is 35.5. The molecule has 0 unspecified atom stereocenters. The van der Waals surface area contributed by atoms with Gasteiger partial charge in [0.2, 0.25) is 21.8 Å². The van der Waals surface area contributed by atoms with Crippen LogP contribution in [0.15, 0.2) is 48.5 Å². The summed E-state index contributed by atoms with van der Waals surface area (Å²) < 4.78 is 26.5. The second kappa shape index (κ2) is 11.9. The zero-order valence-corrected chi connectivity index (χ0v) is 22.1. The van der Waals surface area contributed by atoms with Gasteiger partial charge in [-0.2, -0.15) is 0 Å². The molecule has 0 saturated heterocycles. The molecule has 9 heteroatoms. The van der Waals surface area contributed by atoms with Crippen molar-refractivity contribution in [2.45, 2.75) is 64.6 Å². The zero-order chi connectivity index (χ0) is 25.6. The number of hydrogen-bond donors (Lipinski definition) is 1. The van der Waals surface area contributed by atoms with Crippen molar-refractivity contribution < 1.29 is 18.0 Å². The molecule has 1 saturated carbocycles. The Kier molecular flexibility index (Phi) is 9.19. The SMILES string of the molecule is CC[C@@H](C(=O)NC1CCCC1)N(Cc1ccc(Cl)cc1)C(=O)CN(c1ccccc1C)S(C)(=O)=O. The summed E-state index contributed by atoms with van der Waals surface area (Å²) in [7, 11) is -3.75. The van der Waals surface area contributed by atoms with Gasteiger partial charge in [-0.1, -0.05) is 61.7 Å². The number of para-hydroxylation sites is 1. The molecule has 0 heterocycles. The van der Waals surface area contributed by atoms with Crippen LogP contribution in [0, 0.1) is 6.92 Å². The van der Waals surface area contributed by atoms with E-state index in [0.717, 1.165) is 47.4 Å². The molecule has 35 heavy (non-hydrogen) atoms. The Balaban J connectivity index is 1.92. The summed E-state index contributed by atoms with van der Waals surface area (Å²) in [4.78, 5) is 28.5. The highest BCUT2D eigenvalue weighted by Gasteiger charge is 2.33. The Morgan fingerprint density at radius 3 is 2.29 bits per heavy atom. The number of halogens is 1. The molecule has 3 rings (SSSR count). The van der Waals surface area contributed by atoms with E-state index in [1.807, 2.05) is 13.0 Å². The van der Waals surface area contributed by atoms with Gasteiger partial charge in [0.1, 0.15) is 12.6 Å². The zero-order valence-electron chi connectivity index (χ0n) is 20.5. The predicted molar refractivity (Wildman–Crippen MR) is 140 cm³/mol. The van der Waals surface area contributed by atoms with Gasteiger partial charge in [0.05, 0.1) is 11.9 Å². The number of carbonyl (C=O) groups is 2. The third-order valence-electron chi connectivity index (χ3n) is 6.42. The van der Waals surface area contributed by atoms with Gasteiger partial charge in [0, 0.05) is 17.6 Å². The molecule has 1 fully saturated rings. The Bertz CT molecular complexity index is 1130. The largest absolute Gasteiger partial charge is 0.352 e. The van der Waals surface area contributed by atoms with Gasteiger partial charge in [0.25, 0.3) is 0 Å². The van der Waals surface area contributed by atoms with E-state index < -0.39 is 28.5 Å². The summed E-state index contributed by atoms with van der Waals surface area (Å²) in [5.74, 6) is -0.648. The number of benzene rings is 2. The summed E-state index contributed by atoms with van der Waals surface area (Å²) in [5, 5.41) is 3.67. The highest BCUT2D eigenvalue weighted by molar-refractivity contribution is 7.92. The van der Waals surface area contributed by atoms with Crippen LogP contribution in [0.4, 0.5) is 5.69 Å². The van der Waals surface area contributed by atoms with Crippen LogP contribution in [-0.4, -0.2) is 50.0 Å². The third-order valence-corrected chi connectivity index (χ3v) is 7.80. The lowest BCUT2D eigenvalue weighted by atomic mass is 10.1. The van der Waals surface area contributed by atoms with E-state index in [9.17, 15) is 18.0 Å². The third kappa shape index (κ3) is 7.21. The average molecular weight is 520 g/mol. The molecule has 0 bridgehead atoms. The minimum atomic E-state index is -3.75. The summed E-state index contributed by atoms with van der Waals surface area (Å²) in [6.45, 7) is 3.42. The van der Waals surface area contributed by atoms with Crippen LogP contribution in [0.5, 0.6) is 0 Å². The number of nitrogens with zero attached hydrogens (tertiary/aromatic N) is 2. The van der Waals surface area contributed by atoms with Gasteiger partial charge in [-0.05, 0) is 55.5 Å². The first-order valence-corrected chi connectivity index (χ1v) is 14.2. The molecule has 7 nitrogen and oxygen atoms in total. The van der Waals surface area contributed by atoms with Crippen molar-refractivity contribution >= 4 is 39.1 Å². The standard InChI is InChI=1S/C26H34ClN3O4S/c1-4-23(26(32)28-22-10-6-7-11-22)29(17-20-13-15-21(27)16-14-20)25(31)18-30(35(3,33)34)24-12-8-5-9-19(24)2/h5,8-9,12-16,22-23H,4,6-7,10-11,17-18H2,1-3H3,(H,28,32)/t23-/m0/s1. The van der Waals surface area contributed by atoms with Gasteiger partial charge >= 0.3 is 0 Å². The fourth-order valence-electron chi connectivity index (χ4n) is 4.51. The Labute approximate surface area is 213 Å².